The SMILES string of the molecule is [C-]#[N+]c1ccc(-c2cc(-c3cc(-c4ccccc4)nc(-c4ccccc4)n3)cc(-c3ccc(C#N)cc3)c2-n2c3ccccc3c3cc(-c4ccccc4C)ccc32)cc1. The van der Waals surface area contributed by atoms with Gasteiger partial charge < -0.3 is 4.57 Å². The van der Waals surface area contributed by atoms with Gasteiger partial charge in [0.05, 0.1) is 46.3 Å². The van der Waals surface area contributed by atoms with Gasteiger partial charge >= 0.3 is 0 Å². The average molecular weight is 766 g/mol. The Morgan fingerprint density at radius 1 is 0.483 bits per heavy atom. The zero-order valence-corrected chi connectivity index (χ0v) is 32.7. The maximum absolute atomic E-state index is 9.84. The van der Waals surface area contributed by atoms with E-state index in [1.807, 2.05) is 97.1 Å². The van der Waals surface area contributed by atoms with Crippen LogP contribution < -0.4 is 0 Å². The van der Waals surface area contributed by atoms with Crippen molar-refractivity contribution < 1.29 is 0 Å². The number of rotatable bonds is 7. The second kappa shape index (κ2) is 15.2. The Bertz CT molecular complexity index is 3180. The number of hydrogen-bond acceptors (Lipinski definition) is 3. The van der Waals surface area contributed by atoms with Crippen LogP contribution >= 0.6 is 0 Å². The summed E-state index contributed by atoms with van der Waals surface area (Å²) < 4.78 is 2.38. The van der Waals surface area contributed by atoms with Gasteiger partial charge in [-0.1, -0.05) is 146 Å². The third-order valence-corrected chi connectivity index (χ3v) is 11.2. The van der Waals surface area contributed by atoms with E-state index in [1.54, 1.807) is 0 Å². The third kappa shape index (κ3) is 6.47. The molecule has 0 N–H and O–H groups in total. The predicted octanol–water partition coefficient (Wildman–Crippen LogP) is 14.3. The van der Waals surface area contributed by atoms with Gasteiger partial charge in [-0.3, -0.25) is 0 Å². The van der Waals surface area contributed by atoms with Crippen molar-refractivity contribution in [3.8, 4) is 79.0 Å². The van der Waals surface area contributed by atoms with Gasteiger partial charge in [-0.2, -0.15) is 5.26 Å². The number of benzene rings is 8. The van der Waals surface area contributed by atoms with E-state index in [9.17, 15) is 5.26 Å². The highest BCUT2D eigenvalue weighted by Crippen LogP contribution is 2.45. The van der Waals surface area contributed by atoms with Crippen LogP contribution in [0.1, 0.15) is 11.1 Å². The second-order valence-corrected chi connectivity index (χ2v) is 14.9. The van der Waals surface area contributed by atoms with E-state index in [0.717, 1.165) is 83.4 Å². The molecule has 10 aromatic rings. The van der Waals surface area contributed by atoms with Gasteiger partial charge in [0.15, 0.2) is 11.5 Å². The number of para-hydroxylation sites is 1. The molecule has 280 valence electrons. The van der Waals surface area contributed by atoms with Crippen LogP contribution in [0.5, 0.6) is 0 Å². The molecule has 0 saturated carbocycles. The fraction of sp³-hybridized carbons (Fsp3) is 0.0182. The van der Waals surface area contributed by atoms with E-state index in [-0.39, 0.29) is 0 Å². The molecule has 0 saturated heterocycles. The Balaban J connectivity index is 1.32. The zero-order valence-electron chi connectivity index (χ0n) is 32.7. The molecule has 2 heterocycles. The van der Waals surface area contributed by atoms with Crippen molar-refractivity contribution in [2.45, 2.75) is 6.92 Å². The van der Waals surface area contributed by atoms with Crippen molar-refractivity contribution in [3.63, 3.8) is 0 Å². The lowest BCUT2D eigenvalue weighted by atomic mass is 9.91. The normalized spacial score (nSPS) is 11.1. The van der Waals surface area contributed by atoms with Crippen LogP contribution in [0, 0.1) is 24.8 Å². The highest BCUT2D eigenvalue weighted by Gasteiger charge is 2.23. The van der Waals surface area contributed by atoms with Gasteiger partial charge in [0.2, 0.25) is 0 Å². The molecule has 0 amide bonds. The highest BCUT2D eigenvalue weighted by molar-refractivity contribution is 6.12. The molecule has 2 aromatic heterocycles. The van der Waals surface area contributed by atoms with Gasteiger partial charge in [-0.05, 0) is 83.3 Å². The number of nitrogens with zero attached hydrogens (tertiary/aromatic N) is 5. The monoisotopic (exact) mass is 765 g/mol. The molecule has 0 unspecified atom stereocenters. The number of aromatic nitrogens is 3. The number of aryl methyl sites for hydroxylation is 1. The van der Waals surface area contributed by atoms with Gasteiger partial charge in [-0.15, -0.1) is 0 Å². The van der Waals surface area contributed by atoms with Crippen LogP contribution in [-0.4, -0.2) is 14.5 Å². The summed E-state index contributed by atoms with van der Waals surface area (Å²) >= 11 is 0. The fourth-order valence-corrected chi connectivity index (χ4v) is 8.25. The molecule has 5 heteroatoms. The van der Waals surface area contributed by atoms with Crippen LogP contribution in [0.25, 0.3) is 99.6 Å². The van der Waals surface area contributed by atoms with Crippen LogP contribution in [0.15, 0.2) is 194 Å². The standard InChI is InChI=1S/C55H35N5/c1-36-13-9-10-18-45(36)42-27-30-53-49(31-42)46-19-11-12-20-52(46)60(53)54-47(38-23-21-37(35-56)22-24-38)32-43(33-48(54)39-25-28-44(57-2)29-26-39)51-34-50(40-14-5-3-6-15-40)58-55(59-51)41-16-7-4-8-17-41/h3-34H,1H3. The molecule has 10 rings (SSSR count). The molecular weight excluding hydrogens is 731 g/mol. The Morgan fingerprint density at radius 2 is 1.05 bits per heavy atom. The van der Waals surface area contributed by atoms with Gasteiger partial charge in [-0.25, -0.2) is 14.8 Å². The molecule has 0 radical (unpaired) electrons. The molecule has 0 bridgehead atoms. The summed E-state index contributed by atoms with van der Waals surface area (Å²) in [6, 6.07) is 68.6. The Kier molecular flexibility index (Phi) is 9.10. The van der Waals surface area contributed by atoms with Gasteiger partial charge in [0.1, 0.15) is 0 Å². The molecule has 0 aliphatic heterocycles. The van der Waals surface area contributed by atoms with E-state index >= 15 is 0 Å². The first-order valence-electron chi connectivity index (χ1n) is 19.8. The van der Waals surface area contributed by atoms with Crippen molar-refractivity contribution in [2.75, 3.05) is 0 Å². The minimum Gasteiger partial charge on any atom is -0.308 e. The molecule has 8 aromatic carbocycles. The predicted molar refractivity (Wildman–Crippen MR) is 245 cm³/mol. The van der Waals surface area contributed by atoms with Crippen molar-refractivity contribution in [1.29, 1.82) is 5.26 Å². The highest BCUT2D eigenvalue weighted by atomic mass is 15.0. The van der Waals surface area contributed by atoms with Gasteiger partial charge in [0.25, 0.3) is 0 Å². The third-order valence-electron chi connectivity index (χ3n) is 11.2. The lowest BCUT2D eigenvalue weighted by Crippen LogP contribution is -2.03. The maximum atomic E-state index is 9.84. The molecule has 0 aliphatic rings. The largest absolute Gasteiger partial charge is 0.308 e. The first-order chi connectivity index (χ1) is 29.6. The van der Waals surface area contributed by atoms with Crippen LogP contribution in [0.3, 0.4) is 0 Å². The van der Waals surface area contributed by atoms with Gasteiger partial charge in [0, 0.05) is 38.6 Å². The quantitative estimate of drug-likeness (QED) is 0.152. The maximum Gasteiger partial charge on any atom is 0.187 e. The average Bonchev–Trinajstić information content (AvgIpc) is 3.65. The van der Waals surface area contributed by atoms with Crippen molar-refractivity contribution in [3.05, 3.63) is 217 Å². The number of hydrogen-bond donors (Lipinski definition) is 0. The molecule has 5 nitrogen and oxygen atoms in total. The second-order valence-electron chi connectivity index (χ2n) is 14.9. The van der Waals surface area contributed by atoms with Crippen LogP contribution in [0.2, 0.25) is 0 Å². The van der Waals surface area contributed by atoms with Crippen LogP contribution in [-0.2, 0) is 0 Å². The zero-order chi connectivity index (χ0) is 40.6. The molecular formula is C55H35N5. The first-order valence-corrected chi connectivity index (χ1v) is 19.8. The van der Waals surface area contributed by atoms with Crippen LogP contribution in [0.4, 0.5) is 5.69 Å². The lowest BCUT2D eigenvalue weighted by Gasteiger charge is -2.21. The smallest absolute Gasteiger partial charge is 0.187 e. The first kappa shape index (κ1) is 36.0. The number of fused-ring (bicyclic) bond motifs is 3. The van der Waals surface area contributed by atoms with Crippen molar-refractivity contribution in [2.24, 2.45) is 0 Å². The molecule has 60 heavy (non-hydrogen) atoms. The van der Waals surface area contributed by atoms with Crippen molar-refractivity contribution in [1.82, 2.24) is 14.5 Å². The molecule has 0 fully saturated rings. The summed E-state index contributed by atoms with van der Waals surface area (Å²) in [5.41, 5.74) is 16.1. The summed E-state index contributed by atoms with van der Waals surface area (Å²) in [5.74, 6) is 0.630. The minimum atomic E-state index is 0.570. The van der Waals surface area contributed by atoms with E-state index in [1.165, 1.54) is 11.1 Å². The summed E-state index contributed by atoms with van der Waals surface area (Å²) in [7, 11) is 0. The summed E-state index contributed by atoms with van der Waals surface area (Å²) in [6.45, 7) is 9.90. The number of nitriles is 1. The van der Waals surface area contributed by atoms with Crippen molar-refractivity contribution >= 4 is 27.5 Å². The summed E-state index contributed by atoms with van der Waals surface area (Å²) in [5, 5.41) is 12.1. The lowest BCUT2D eigenvalue weighted by molar-refractivity contribution is 1.17. The summed E-state index contributed by atoms with van der Waals surface area (Å²) in [4.78, 5) is 14.1. The van der Waals surface area contributed by atoms with E-state index in [4.69, 9.17) is 16.5 Å². The topological polar surface area (TPSA) is 58.9 Å². The Hall–Kier alpha value is -8.38. The van der Waals surface area contributed by atoms with E-state index in [0.29, 0.717) is 17.1 Å². The van der Waals surface area contributed by atoms with E-state index in [2.05, 4.69) is 119 Å². The molecule has 0 spiro atoms. The Labute approximate surface area is 348 Å². The Morgan fingerprint density at radius 3 is 1.72 bits per heavy atom. The summed E-state index contributed by atoms with van der Waals surface area (Å²) in [6.07, 6.45) is 0. The minimum absolute atomic E-state index is 0.570. The molecule has 0 atom stereocenters. The molecule has 0 aliphatic carbocycles. The fourth-order valence-electron chi connectivity index (χ4n) is 8.25. The van der Waals surface area contributed by atoms with E-state index < -0.39 is 0 Å².